The Bertz CT molecular complexity index is 1300. The van der Waals surface area contributed by atoms with Gasteiger partial charge in [0.05, 0.1) is 4.88 Å². The zero-order chi connectivity index (χ0) is 25.1. The number of fused-ring (bicyclic) bond motifs is 1. The molecule has 0 spiro atoms. The number of anilines is 1. The van der Waals surface area contributed by atoms with Crippen LogP contribution in [0.2, 0.25) is 0 Å². The average molecular weight is 525 g/mol. The van der Waals surface area contributed by atoms with Crippen LogP contribution in [0.15, 0.2) is 57.6 Å². The summed E-state index contributed by atoms with van der Waals surface area (Å²) in [6, 6.07) is 13.5. The molecule has 0 bridgehead atoms. The summed E-state index contributed by atoms with van der Waals surface area (Å²) in [6.07, 6.45) is 0.702. The number of furan rings is 1. The van der Waals surface area contributed by atoms with E-state index in [0.29, 0.717) is 41.1 Å². The fraction of sp³-hybridized carbons (Fsp3) is 0.346. The lowest BCUT2D eigenvalue weighted by atomic mass is 10.1. The summed E-state index contributed by atoms with van der Waals surface area (Å²) in [6.45, 7) is 5.27. The molecule has 1 fully saturated rings. The predicted molar refractivity (Wildman–Crippen MR) is 143 cm³/mol. The van der Waals surface area contributed by atoms with Crippen molar-refractivity contribution in [3.8, 4) is 11.5 Å². The van der Waals surface area contributed by atoms with E-state index in [1.54, 1.807) is 4.90 Å². The first-order valence-electron chi connectivity index (χ1n) is 12.0. The minimum atomic E-state index is -0.849. The molecule has 188 valence electrons. The summed E-state index contributed by atoms with van der Waals surface area (Å²) in [5.74, 6) is 0.627. The number of thiophene rings is 1. The molecule has 0 radical (unpaired) electrons. The highest BCUT2D eigenvalue weighted by Gasteiger charge is 2.29. The van der Waals surface area contributed by atoms with E-state index in [9.17, 15) is 14.7 Å². The Hall–Kier alpha value is -3.21. The van der Waals surface area contributed by atoms with Crippen LogP contribution in [-0.4, -0.2) is 70.7 Å². The Morgan fingerprint density at radius 3 is 2.81 bits per heavy atom. The van der Waals surface area contributed by atoms with Crippen LogP contribution in [0, 0.1) is 0 Å². The van der Waals surface area contributed by atoms with Crippen molar-refractivity contribution in [2.24, 2.45) is 0 Å². The molecule has 8 nitrogen and oxygen atoms in total. The Morgan fingerprint density at radius 1 is 1.19 bits per heavy atom. The van der Waals surface area contributed by atoms with Crippen molar-refractivity contribution < 1.29 is 19.1 Å². The second kappa shape index (κ2) is 10.8. The molecule has 4 heterocycles. The van der Waals surface area contributed by atoms with Gasteiger partial charge in [-0.1, -0.05) is 31.2 Å². The maximum Gasteiger partial charge on any atom is 0.407 e. The van der Waals surface area contributed by atoms with E-state index in [0.717, 1.165) is 36.9 Å². The van der Waals surface area contributed by atoms with Gasteiger partial charge in [0.15, 0.2) is 10.9 Å². The molecule has 1 N–H and O–H groups in total. The standard InChI is InChI=1S/C26H28N4O4S2/c1-2-19-16-28(12-13-29(19)26(32)33)10-6-11-30(24(31)23-9-5-14-35-23)25-27-20(17-36-25)22-15-18-7-3-4-8-21(18)34-22/h3-5,7-9,14-15,17,19H,2,6,10-13,16H2,1H3,(H,32,33). The van der Waals surface area contributed by atoms with Crippen molar-refractivity contribution in [1.29, 1.82) is 0 Å². The lowest BCUT2D eigenvalue weighted by Gasteiger charge is -2.39. The molecule has 1 aromatic carbocycles. The molecular weight excluding hydrogens is 496 g/mol. The van der Waals surface area contributed by atoms with Crippen LogP contribution in [0.3, 0.4) is 0 Å². The number of carboxylic acid groups (broad SMARTS) is 1. The number of aromatic nitrogens is 1. The number of piperazine rings is 1. The minimum absolute atomic E-state index is 0.00503. The second-order valence-corrected chi connectivity index (χ2v) is 10.6. The molecule has 0 saturated carbocycles. The first kappa shape index (κ1) is 24.5. The number of carbonyl (C=O) groups excluding carboxylic acids is 1. The quantitative estimate of drug-likeness (QED) is 0.317. The molecule has 10 heteroatoms. The number of carbonyl (C=O) groups is 2. The Kier molecular flexibility index (Phi) is 7.35. The lowest BCUT2D eigenvalue weighted by molar-refractivity contribution is 0.0655. The van der Waals surface area contributed by atoms with E-state index in [-0.39, 0.29) is 11.9 Å². The third-order valence-electron chi connectivity index (χ3n) is 6.52. The van der Waals surface area contributed by atoms with Crippen molar-refractivity contribution in [3.05, 3.63) is 58.1 Å². The third-order valence-corrected chi connectivity index (χ3v) is 8.24. The zero-order valence-corrected chi connectivity index (χ0v) is 21.6. The van der Waals surface area contributed by atoms with Gasteiger partial charge in [0.1, 0.15) is 11.3 Å². The highest BCUT2D eigenvalue weighted by atomic mass is 32.1. The van der Waals surface area contributed by atoms with Gasteiger partial charge in [-0.2, -0.15) is 0 Å². The Labute approximate surface area is 217 Å². The first-order chi connectivity index (χ1) is 17.5. The second-order valence-electron chi connectivity index (χ2n) is 8.79. The van der Waals surface area contributed by atoms with Gasteiger partial charge < -0.3 is 14.4 Å². The Morgan fingerprint density at radius 2 is 2.06 bits per heavy atom. The number of hydrogen-bond acceptors (Lipinski definition) is 7. The van der Waals surface area contributed by atoms with Crippen LogP contribution in [-0.2, 0) is 0 Å². The van der Waals surface area contributed by atoms with Gasteiger partial charge in [-0.05, 0) is 43.0 Å². The van der Waals surface area contributed by atoms with E-state index < -0.39 is 6.09 Å². The van der Waals surface area contributed by atoms with Crippen LogP contribution in [0.1, 0.15) is 29.4 Å². The Balaban J connectivity index is 1.30. The molecule has 1 saturated heterocycles. The molecule has 5 rings (SSSR count). The molecule has 2 amide bonds. The first-order valence-corrected chi connectivity index (χ1v) is 13.8. The third kappa shape index (κ3) is 5.16. The summed E-state index contributed by atoms with van der Waals surface area (Å²) < 4.78 is 5.98. The summed E-state index contributed by atoms with van der Waals surface area (Å²) in [5, 5.41) is 14.9. The van der Waals surface area contributed by atoms with Crippen LogP contribution in [0.4, 0.5) is 9.93 Å². The number of amides is 2. The van der Waals surface area contributed by atoms with E-state index in [1.165, 1.54) is 27.6 Å². The summed E-state index contributed by atoms with van der Waals surface area (Å²) >= 11 is 2.86. The number of nitrogens with zero attached hydrogens (tertiary/aromatic N) is 4. The van der Waals surface area contributed by atoms with Crippen LogP contribution >= 0.6 is 22.7 Å². The number of para-hydroxylation sites is 1. The van der Waals surface area contributed by atoms with E-state index >= 15 is 0 Å². The minimum Gasteiger partial charge on any atom is -0.465 e. The normalized spacial score (nSPS) is 16.5. The topological polar surface area (TPSA) is 90.1 Å². The highest BCUT2D eigenvalue weighted by molar-refractivity contribution is 7.14. The monoisotopic (exact) mass is 524 g/mol. The molecule has 3 aromatic heterocycles. The highest BCUT2D eigenvalue weighted by Crippen LogP contribution is 2.32. The number of thiazole rings is 1. The summed E-state index contributed by atoms with van der Waals surface area (Å²) in [7, 11) is 0. The fourth-order valence-corrected chi connectivity index (χ4v) is 6.11. The van der Waals surface area contributed by atoms with E-state index in [2.05, 4.69) is 4.90 Å². The summed E-state index contributed by atoms with van der Waals surface area (Å²) in [5.41, 5.74) is 1.52. The number of benzene rings is 1. The van der Waals surface area contributed by atoms with Gasteiger partial charge in [0.2, 0.25) is 0 Å². The van der Waals surface area contributed by atoms with Crippen molar-refractivity contribution in [2.45, 2.75) is 25.8 Å². The SMILES string of the molecule is CCC1CN(CCCN(C(=O)c2cccs2)c2nc(-c3cc4ccccc4o3)cs2)CCN1C(=O)O. The predicted octanol–water partition coefficient (Wildman–Crippen LogP) is 5.73. The number of rotatable bonds is 8. The molecule has 4 aromatic rings. The molecule has 0 aliphatic carbocycles. The maximum atomic E-state index is 13.4. The largest absolute Gasteiger partial charge is 0.465 e. The molecule has 1 unspecified atom stereocenters. The van der Waals surface area contributed by atoms with Crippen LogP contribution in [0.25, 0.3) is 22.4 Å². The maximum absolute atomic E-state index is 13.4. The smallest absolute Gasteiger partial charge is 0.407 e. The fourth-order valence-electron chi connectivity index (χ4n) is 4.60. The van der Waals surface area contributed by atoms with Gasteiger partial charge in [-0.25, -0.2) is 9.78 Å². The molecular formula is C26H28N4O4S2. The van der Waals surface area contributed by atoms with Gasteiger partial charge in [-0.15, -0.1) is 22.7 Å². The summed E-state index contributed by atoms with van der Waals surface area (Å²) in [4.78, 5) is 35.9. The molecule has 1 atom stereocenters. The van der Waals surface area contributed by atoms with Crippen molar-refractivity contribution >= 4 is 50.8 Å². The number of hydrogen-bond donors (Lipinski definition) is 1. The van der Waals surface area contributed by atoms with Crippen LogP contribution < -0.4 is 4.90 Å². The average Bonchev–Trinajstić information content (AvgIpc) is 3.66. The van der Waals surface area contributed by atoms with Crippen molar-refractivity contribution in [3.63, 3.8) is 0 Å². The van der Waals surface area contributed by atoms with Crippen molar-refractivity contribution in [2.75, 3.05) is 37.6 Å². The van der Waals surface area contributed by atoms with Gasteiger partial charge >= 0.3 is 6.09 Å². The molecule has 1 aliphatic heterocycles. The van der Waals surface area contributed by atoms with Crippen molar-refractivity contribution in [1.82, 2.24) is 14.8 Å². The van der Waals surface area contributed by atoms with Gasteiger partial charge in [0.25, 0.3) is 5.91 Å². The van der Waals surface area contributed by atoms with Gasteiger partial charge in [0, 0.05) is 43.0 Å². The zero-order valence-electron chi connectivity index (χ0n) is 20.0. The van der Waals surface area contributed by atoms with Gasteiger partial charge in [-0.3, -0.25) is 14.6 Å². The molecule has 1 aliphatic rings. The van der Waals surface area contributed by atoms with E-state index in [4.69, 9.17) is 9.40 Å². The van der Waals surface area contributed by atoms with E-state index in [1.807, 2.05) is 60.1 Å². The lowest BCUT2D eigenvalue weighted by Crippen LogP contribution is -2.54. The molecule has 36 heavy (non-hydrogen) atoms. The van der Waals surface area contributed by atoms with Crippen LogP contribution in [0.5, 0.6) is 0 Å².